The van der Waals surface area contributed by atoms with Crippen molar-refractivity contribution in [1.29, 1.82) is 0 Å². The Morgan fingerprint density at radius 1 is 1.50 bits per heavy atom. The lowest BCUT2D eigenvalue weighted by Crippen LogP contribution is -2.44. The van der Waals surface area contributed by atoms with Crippen LogP contribution in [0.3, 0.4) is 0 Å². The summed E-state index contributed by atoms with van der Waals surface area (Å²) in [4.78, 5) is 16.2. The van der Waals surface area contributed by atoms with Gasteiger partial charge in [0.15, 0.2) is 0 Å². The van der Waals surface area contributed by atoms with Gasteiger partial charge < -0.3 is 10.4 Å². The molecule has 1 amide bonds. The molecule has 0 fully saturated rings. The van der Waals surface area contributed by atoms with Crippen molar-refractivity contribution in [2.45, 2.75) is 33.2 Å². The van der Waals surface area contributed by atoms with Crippen LogP contribution in [0.25, 0.3) is 0 Å². The van der Waals surface area contributed by atoms with Gasteiger partial charge in [-0.25, -0.2) is 4.98 Å². The standard InChI is InChI=1S/C13H19BrN2O2/c1-13(2,3)10(7-8-17)16-12(18)9-5-4-6-11(14)15-9/h4-6,10,17H,7-8H2,1-3H3,(H,16,18). The van der Waals surface area contributed by atoms with Gasteiger partial charge in [0.2, 0.25) is 0 Å². The molecule has 1 rings (SSSR count). The van der Waals surface area contributed by atoms with E-state index in [4.69, 9.17) is 5.11 Å². The minimum atomic E-state index is -0.218. The maximum absolute atomic E-state index is 12.1. The first-order valence-electron chi connectivity index (χ1n) is 5.89. The number of aromatic nitrogens is 1. The van der Waals surface area contributed by atoms with Gasteiger partial charge in [-0.3, -0.25) is 4.79 Å². The van der Waals surface area contributed by atoms with Crippen LogP contribution in [0, 0.1) is 5.41 Å². The van der Waals surface area contributed by atoms with Gasteiger partial charge in [0, 0.05) is 12.6 Å². The zero-order valence-electron chi connectivity index (χ0n) is 10.9. The summed E-state index contributed by atoms with van der Waals surface area (Å²) >= 11 is 3.24. The minimum absolute atomic E-state index is 0.0497. The van der Waals surface area contributed by atoms with Crippen molar-refractivity contribution in [3.8, 4) is 0 Å². The number of aliphatic hydroxyl groups is 1. The highest BCUT2D eigenvalue weighted by Crippen LogP contribution is 2.22. The Labute approximate surface area is 116 Å². The number of rotatable bonds is 4. The van der Waals surface area contributed by atoms with Gasteiger partial charge >= 0.3 is 0 Å². The fourth-order valence-electron chi connectivity index (χ4n) is 1.62. The van der Waals surface area contributed by atoms with Crippen molar-refractivity contribution < 1.29 is 9.90 Å². The van der Waals surface area contributed by atoms with Gasteiger partial charge in [-0.1, -0.05) is 26.8 Å². The maximum atomic E-state index is 12.1. The molecule has 4 nitrogen and oxygen atoms in total. The smallest absolute Gasteiger partial charge is 0.270 e. The molecule has 0 aliphatic carbocycles. The normalized spacial score (nSPS) is 13.2. The zero-order chi connectivity index (χ0) is 13.8. The summed E-state index contributed by atoms with van der Waals surface area (Å²) in [5.41, 5.74) is 0.265. The number of aliphatic hydroxyl groups excluding tert-OH is 1. The van der Waals surface area contributed by atoms with Gasteiger partial charge in [0.25, 0.3) is 5.91 Å². The number of nitrogens with one attached hydrogen (secondary N) is 1. The van der Waals surface area contributed by atoms with Gasteiger partial charge in [0.05, 0.1) is 0 Å². The molecule has 1 aromatic heterocycles. The summed E-state index contributed by atoms with van der Waals surface area (Å²) in [7, 11) is 0. The average Bonchev–Trinajstić information content (AvgIpc) is 2.27. The van der Waals surface area contributed by atoms with Crippen molar-refractivity contribution in [3.63, 3.8) is 0 Å². The highest BCUT2D eigenvalue weighted by Gasteiger charge is 2.26. The zero-order valence-corrected chi connectivity index (χ0v) is 12.5. The van der Waals surface area contributed by atoms with Gasteiger partial charge in [0.1, 0.15) is 10.3 Å². The molecule has 100 valence electrons. The lowest BCUT2D eigenvalue weighted by molar-refractivity contribution is 0.0880. The maximum Gasteiger partial charge on any atom is 0.270 e. The van der Waals surface area contributed by atoms with Crippen molar-refractivity contribution in [2.24, 2.45) is 5.41 Å². The van der Waals surface area contributed by atoms with Crippen LogP contribution in [0.4, 0.5) is 0 Å². The van der Waals surface area contributed by atoms with Crippen molar-refractivity contribution in [2.75, 3.05) is 6.61 Å². The highest BCUT2D eigenvalue weighted by molar-refractivity contribution is 9.10. The molecule has 0 radical (unpaired) electrons. The number of amides is 1. The molecule has 0 saturated heterocycles. The molecule has 2 N–H and O–H groups in total. The van der Waals surface area contributed by atoms with E-state index in [0.29, 0.717) is 16.7 Å². The number of halogens is 1. The monoisotopic (exact) mass is 314 g/mol. The Kier molecular flexibility index (Phi) is 5.28. The van der Waals surface area contributed by atoms with E-state index in [1.165, 1.54) is 0 Å². The van der Waals surface area contributed by atoms with Crippen molar-refractivity contribution in [1.82, 2.24) is 10.3 Å². The van der Waals surface area contributed by atoms with Crippen LogP contribution in [0.5, 0.6) is 0 Å². The summed E-state index contributed by atoms with van der Waals surface area (Å²) in [6.07, 6.45) is 0.531. The Hall–Kier alpha value is -0.940. The molecule has 0 saturated carbocycles. The number of carbonyl (C=O) groups is 1. The molecule has 1 aromatic rings. The van der Waals surface area contributed by atoms with Crippen LogP contribution < -0.4 is 5.32 Å². The first-order chi connectivity index (χ1) is 8.34. The number of hydrogen-bond acceptors (Lipinski definition) is 3. The molecule has 0 aliphatic heterocycles. The number of pyridine rings is 1. The average molecular weight is 315 g/mol. The summed E-state index contributed by atoms with van der Waals surface area (Å²) in [6, 6.07) is 5.12. The Morgan fingerprint density at radius 2 is 2.17 bits per heavy atom. The molecule has 18 heavy (non-hydrogen) atoms. The molecular formula is C13H19BrN2O2. The molecule has 5 heteroatoms. The van der Waals surface area contributed by atoms with Crippen LogP contribution in [-0.4, -0.2) is 28.6 Å². The van der Waals surface area contributed by atoms with E-state index in [-0.39, 0.29) is 24.0 Å². The van der Waals surface area contributed by atoms with Crippen LogP contribution in [0.2, 0.25) is 0 Å². The van der Waals surface area contributed by atoms with Crippen LogP contribution in [0.1, 0.15) is 37.7 Å². The molecule has 1 atom stereocenters. The summed E-state index contributed by atoms with van der Waals surface area (Å²) in [5.74, 6) is -0.218. The van der Waals surface area contributed by atoms with Crippen molar-refractivity contribution >= 4 is 21.8 Å². The van der Waals surface area contributed by atoms with Crippen LogP contribution >= 0.6 is 15.9 Å². The van der Waals surface area contributed by atoms with Gasteiger partial charge in [-0.2, -0.15) is 0 Å². The second kappa shape index (κ2) is 6.29. The van der Waals surface area contributed by atoms with E-state index in [2.05, 4.69) is 26.2 Å². The van der Waals surface area contributed by atoms with E-state index >= 15 is 0 Å². The van der Waals surface area contributed by atoms with Gasteiger partial charge in [-0.15, -0.1) is 0 Å². The predicted molar refractivity (Wildman–Crippen MR) is 74.3 cm³/mol. The van der Waals surface area contributed by atoms with E-state index in [0.717, 1.165) is 0 Å². The molecule has 0 aromatic carbocycles. The van der Waals surface area contributed by atoms with E-state index in [1.54, 1.807) is 18.2 Å². The summed E-state index contributed by atoms with van der Waals surface area (Å²) in [5, 5.41) is 12.0. The highest BCUT2D eigenvalue weighted by atomic mass is 79.9. The molecule has 1 heterocycles. The quantitative estimate of drug-likeness (QED) is 0.839. The molecule has 0 spiro atoms. The minimum Gasteiger partial charge on any atom is -0.396 e. The summed E-state index contributed by atoms with van der Waals surface area (Å²) < 4.78 is 0.629. The van der Waals surface area contributed by atoms with E-state index in [9.17, 15) is 4.79 Å². The first-order valence-corrected chi connectivity index (χ1v) is 6.68. The third-order valence-electron chi connectivity index (χ3n) is 2.72. The van der Waals surface area contributed by atoms with E-state index in [1.807, 2.05) is 20.8 Å². The predicted octanol–water partition coefficient (Wildman–Crippen LogP) is 2.37. The second-order valence-corrected chi connectivity index (χ2v) is 6.06. The van der Waals surface area contributed by atoms with E-state index < -0.39 is 0 Å². The Morgan fingerprint density at radius 3 is 2.67 bits per heavy atom. The number of hydrogen-bond donors (Lipinski definition) is 2. The van der Waals surface area contributed by atoms with Crippen LogP contribution in [0.15, 0.2) is 22.8 Å². The largest absolute Gasteiger partial charge is 0.396 e. The van der Waals surface area contributed by atoms with Crippen molar-refractivity contribution in [3.05, 3.63) is 28.5 Å². The topological polar surface area (TPSA) is 62.2 Å². The summed E-state index contributed by atoms with van der Waals surface area (Å²) in [6.45, 7) is 6.14. The number of carbonyl (C=O) groups excluding carboxylic acids is 1. The molecule has 0 aliphatic rings. The molecule has 0 bridgehead atoms. The second-order valence-electron chi connectivity index (χ2n) is 5.25. The lowest BCUT2D eigenvalue weighted by atomic mass is 9.85. The van der Waals surface area contributed by atoms with Crippen LogP contribution in [-0.2, 0) is 0 Å². The first kappa shape index (κ1) is 15.1. The molecule has 1 unspecified atom stereocenters. The molecular weight excluding hydrogens is 296 g/mol. The third-order valence-corrected chi connectivity index (χ3v) is 3.16. The lowest BCUT2D eigenvalue weighted by Gasteiger charge is -2.31. The number of nitrogens with zero attached hydrogens (tertiary/aromatic N) is 1. The SMILES string of the molecule is CC(C)(C)C(CCO)NC(=O)c1cccc(Br)n1. The van der Waals surface area contributed by atoms with Gasteiger partial charge in [-0.05, 0) is 39.9 Å². The fraction of sp³-hybridized carbons (Fsp3) is 0.538. The fourth-order valence-corrected chi connectivity index (χ4v) is 1.96. The third kappa shape index (κ3) is 4.38. The Balaban J connectivity index is 2.79. The Bertz CT molecular complexity index is 416.